The third-order valence-corrected chi connectivity index (χ3v) is 4.74. The Morgan fingerprint density at radius 2 is 1.96 bits per heavy atom. The van der Waals surface area contributed by atoms with Crippen molar-refractivity contribution in [2.75, 3.05) is 13.1 Å². The topological polar surface area (TPSA) is 49.4 Å². The molecule has 0 bridgehead atoms. The van der Waals surface area contributed by atoms with Crippen molar-refractivity contribution in [2.24, 2.45) is 0 Å². The van der Waals surface area contributed by atoms with Crippen LogP contribution in [0.2, 0.25) is 0 Å². The first kappa shape index (κ1) is 17.4. The minimum atomic E-state index is -0.243. The Morgan fingerprint density at radius 1 is 1.22 bits per heavy atom. The first-order chi connectivity index (χ1) is 11.1. The molecule has 1 aromatic heterocycles. The zero-order chi connectivity index (χ0) is 16.7. The highest BCUT2D eigenvalue weighted by atomic mass is 79.9. The maximum atomic E-state index is 12.3. The summed E-state index contributed by atoms with van der Waals surface area (Å²) < 4.78 is 0.881. The molecule has 0 aliphatic rings. The van der Waals surface area contributed by atoms with E-state index in [2.05, 4.69) is 27.8 Å². The fourth-order valence-electron chi connectivity index (χ4n) is 2.01. The summed E-state index contributed by atoms with van der Waals surface area (Å²) in [6.45, 7) is 4.58. The van der Waals surface area contributed by atoms with Crippen LogP contribution in [0.1, 0.15) is 15.2 Å². The number of nitrogens with zero attached hydrogens (tertiary/aromatic N) is 1. The third kappa shape index (κ3) is 5.33. The number of carbonyl (C=O) groups is 2. The van der Waals surface area contributed by atoms with Crippen LogP contribution in [0.4, 0.5) is 0 Å². The average molecular weight is 393 g/mol. The van der Waals surface area contributed by atoms with Gasteiger partial charge < -0.3 is 10.2 Å². The summed E-state index contributed by atoms with van der Waals surface area (Å²) in [6.07, 6.45) is 1.68. The van der Waals surface area contributed by atoms with Crippen LogP contribution in [-0.4, -0.2) is 29.8 Å². The van der Waals surface area contributed by atoms with Gasteiger partial charge in [-0.3, -0.25) is 9.59 Å². The Hall–Kier alpha value is -1.92. The van der Waals surface area contributed by atoms with Gasteiger partial charge in [0.2, 0.25) is 5.91 Å². The van der Waals surface area contributed by atoms with E-state index in [9.17, 15) is 9.59 Å². The lowest BCUT2D eigenvalue weighted by Gasteiger charge is -2.21. The van der Waals surface area contributed by atoms with Gasteiger partial charge in [-0.1, -0.05) is 36.4 Å². The van der Waals surface area contributed by atoms with E-state index in [4.69, 9.17) is 0 Å². The molecule has 0 fully saturated rings. The molecule has 2 rings (SSSR count). The van der Waals surface area contributed by atoms with Crippen molar-refractivity contribution in [3.63, 3.8) is 0 Å². The summed E-state index contributed by atoms with van der Waals surface area (Å²) in [4.78, 5) is 26.6. The lowest BCUT2D eigenvalue weighted by molar-refractivity contribution is -0.130. The number of amides is 2. The molecular formula is C17H17BrN2O2S. The second kappa shape index (κ2) is 8.64. The first-order valence-corrected chi connectivity index (χ1v) is 8.67. The molecular weight excluding hydrogens is 376 g/mol. The average Bonchev–Trinajstić information content (AvgIpc) is 2.99. The molecule has 2 amide bonds. The van der Waals surface area contributed by atoms with Crippen molar-refractivity contribution in [3.8, 4) is 0 Å². The number of thiophene rings is 1. The highest BCUT2D eigenvalue weighted by Crippen LogP contribution is 2.21. The summed E-state index contributed by atoms with van der Waals surface area (Å²) >= 11 is 4.65. The molecule has 120 valence electrons. The van der Waals surface area contributed by atoms with Gasteiger partial charge >= 0.3 is 0 Å². The maximum Gasteiger partial charge on any atom is 0.261 e. The van der Waals surface area contributed by atoms with Gasteiger partial charge in [0.05, 0.1) is 15.2 Å². The highest BCUT2D eigenvalue weighted by molar-refractivity contribution is 9.11. The van der Waals surface area contributed by atoms with E-state index in [-0.39, 0.29) is 18.4 Å². The summed E-state index contributed by atoms with van der Waals surface area (Å²) in [7, 11) is 0. The number of hydrogen-bond donors (Lipinski definition) is 1. The van der Waals surface area contributed by atoms with Gasteiger partial charge in [0, 0.05) is 13.1 Å². The standard InChI is InChI=1S/C17H17BrN2O2S/c1-2-10-20(12-13-6-4-3-5-7-13)16(21)11-19-17(22)14-8-9-15(18)23-14/h2-9H,1,10-12H2,(H,19,22). The SMILES string of the molecule is C=CCN(Cc1ccccc1)C(=O)CNC(=O)c1ccc(Br)s1. The number of nitrogens with one attached hydrogen (secondary N) is 1. The summed E-state index contributed by atoms with van der Waals surface area (Å²) in [5.41, 5.74) is 1.04. The van der Waals surface area contributed by atoms with Gasteiger partial charge in [0.25, 0.3) is 5.91 Å². The van der Waals surface area contributed by atoms with Crippen molar-refractivity contribution >= 4 is 39.1 Å². The van der Waals surface area contributed by atoms with Gasteiger partial charge in [-0.2, -0.15) is 0 Å². The molecule has 4 nitrogen and oxygen atoms in total. The first-order valence-electron chi connectivity index (χ1n) is 7.06. The number of halogens is 1. The lowest BCUT2D eigenvalue weighted by atomic mass is 10.2. The van der Waals surface area contributed by atoms with Crippen LogP contribution in [-0.2, 0) is 11.3 Å². The molecule has 23 heavy (non-hydrogen) atoms. The monoisotopic (exact) mass is 392 g/mol. The van der Waals surface area contributed by atoms with Crippen LogP contribution in [0.25, 0.3) is 0 Å². The Balaban J connectivity index is 1.92. The lowest BCUT2D eigenvalue weighted by Crippen LogP contribution is -2.39. The molecule has 0 saturated heterocycles. The van der Waals surface area contributed by atoms with E-state index < -0.39 is 0 Å². The normalized spacial score (nSPS) is 10.1. The van der Waals surface area contributed by atoms with Gasteiger partial charge in [-0.15, -0.1) is 17.9 Å². The van der Waals surface area contributed by atoms with E-state index >= 15 is 0 Å². The summed E-state index contributed by atoms with van der Waals surface area (Å²) in [5, 5.41) is 2.66. The van der Waals surface area contributed by atoms with E-state index in [0.29, 0.717) is 18.0 Å². The molecule has 1 heterocycles. The molecule has 0 aliphatic carbocycles. The molecule has 0 spiro atoms. The van der Waals surface area contributed by atoms with Gasteiger partial charge in [0.15, 0.2) is 0 Å². The zero-order valence-electron chi connectivity index (χ0n) is 12.5. The van der Waals surface area contributed by atoms with Crippen molar-refractivity contribution in [2.45, 2.75) is 6.54 Å². The highest BCUT2D eigenvalue weighted by Gasteiger charge is 2.15. The molecule has 1 N–H and O–H groups in total. The number of hydrogen-bond acceptors (Lipinski definition) is 3. The van der Waals surface area contributed by atoms with Crippen molar-refractivity contribution in [1.29, 1.82) is 0 Å². The molecule has 0 aliphatic heterocycles. The Morgan fingerprint density at radius 3 is 2.57 bits per heavy atom. The number of benzene rings is 1. The van der Waals surface area contributed by atoms with Crippen LogP contribution in [0, 0.1) is 0 Å². The summed E-state index contributed by atoms with van der Waals surface area (Å²) in [6, 6.07) is 13.3. The Kier molecular flexibility index (Phi) is 6.55. The van der Waals surface area contributed by atoms with Crippen LogP contribution < -0.4 is 5.32 Å². The number of rotatable bonds is 7. The van der Waals surface area contributed by atoms with Crippen molar-refractivity contribution < 1.29 is 9.59 Å². The predicted molar refractivity (Wildman–Crippen MR) is 96.4 cm³/mol. The van der Waals surface area contributed by atoms with E-state index in [1.165, 1.54) is 11.3 Å². The Bertz CT molecular complexity index is 685. The van der Waals surface area contributed by atoms with Gasteiger partial charge in [0.1, 0.15) is 0 Å². The smallest absolute Gasteiger partial charge is 0.261 e. The van der Waals surface area contributed by atoms with Gasteiger partial charge in [-0.25, -0.2) is 0 Å². The molecule has 0 atom stereocenters. The molecule has 0 radical (unpaired) electrons. The van der Waals surface area contributed by atoms with Crippen LogP contribution in [0.15, 0.2) is 58.9 Å². The van der Waals surface area contributed by atoms with Crippen molar-refractivity contribution in [3.05, 3.63) is 69.3 Å². The van der Waals surface area contributed by atoms with E-state index in [1.54, 1.807) is 23.1 Å². The molecule has 0 unspecified atom stereocenters. The quantitative estimate of drug-likeness (QED) is 0.733. The van der Waals surface area contributed by atoms with Crippen LogP contribution in [0.3, 0.4) is 0 Å². The molecule has 6 heteroatoms. The summed E-state index contributed by atoms with van der Waals surface area (Å²) in [5.74, 6) is -0.384. The predicted octanol–water partition coefficient (Wildman–Crippen LogP) is 3.46. The van der Waals surface area contributed by atoms with Crippen LogP contribution in [0.5, 0.6) is 0 Å². The van der Waals surface area contributed by atoms with Crippen molar-refractivity contribution in [1.82, 2.24) is 10.2 Å². The minimum Gasteiger partial charge on any atom is -0.342 e. The van der Waals surface area contributed by atoms with Crippen LogP contribution >= 0.6 is 27.3 Å². The van der Waals surface area contributed by atoms with Gasteiger partial charge in [-0.05, 0) is 33.6 Å². The van der Waals surface area contributed by atoms with E-state index in [1.807, 2.05) is 30.3 Å². The number of carbonyl (C=O) groups excluding carboxylic acids is 2. The Labute approximate surface area is 147 Å². The fourth-order valence-corrected chi connectivity index (χ4v) is 3.31. The largest absolute Gasteiger partial charge is 0.342 e. The fraction of sp³-hybridized carbons (Fsp3) is 0.176. The molecule has 0 saturated carbocycles. The van der Waals surface area contributed by atoms with E-state index in [0.717, 1.165) is 9.35 Å². The zero-order valence-corrected chi connectivity index (χ0v) is 14.9. The molecule has 1 aromatic carbocycles. The second-order valence-electron chi connectivity index (χ2n) is 4.83. The molecule has 2 aromatic rings. The maximum absolute atomic E-state index is 12.3. The third-order valence-electron chi connectivity index (χ3n) is 3.12. The second-order valence-corrected chi connectivity index (χ2v) is 7.30. The minimum absolute atomic E-state index is 0.0327.